The van der Waals surface area contributed by atoms with Crippen LogP contribution in [0.3, 0.4) is 0 Å². The highest BCUT2D eigenvalue weighted by atomic mass is 16.7. The number of ether oxygens (including phenoxy) is 8. The van der Waals surface area contributed by atoms with E-state index in [1.807, 2.05) is 0 Å². The molecule has 1 saturated heterocycles. The van der Waals surface area contributed by atoms with Gasteiger partial charge in [-0.3, -0.25) is 38.5 Å². The first-order chi connectivity index (χ1) is 25.1. The molecule has 0 amide bonds. The fourth-order valence-corrected chi connectivity index (χ4v) is 8.70. The van der Waals surface area contributed by atoms with E-state index < -0.39 is 131 Å². The summed E-state index contributed by atoms with van der Waals surface area (Å²) in [4.78, 5) is 112. The number of pyridine rings is 1. The van der Waals surface area contributed by atoms with Crippen molar-refractivity contribution in [3.05, 3.63) is 29.6 Å². The fourth-order valence-electron chi connectivity index (χ4n) is 8.70. The Kier molecular flexibility index (Phi) is 10.4. The van der Waals surface area contributed by atoms with Gasteiger partial charge in [-0.15, -0.1) is 0 Å². The number of cyclic esters (lactones) is 1. The maximum atomic E-state index is 15.1. The van der Waals surface area contributed by atoms with Crippen molar-refractivity contribution in [2.75, 3.05) is 13.2 Å². The van der Waals surface area contributed by atoms with Gasteiger partial charge in [0.2, 0.25) is 0 Å². The molecule has 5 rings (SSSR count). The molecule has 54 heavy (non-hydrogen) atoms. The Labute approximate surface area is 309 Å². The van der Waals surface area contributed by atoms with E-state index in [1.54, 1.807) is 6.92 Å². The minimum absolute atomic E-state index is 0.0470. The Morgan fingerprint density at radius 3 is 2.02 bits per heavy atom. The highest BCUT2D eigenvalue weighted by molar-refractivity contribution is 5.94. The highest BCUT2D eigenvalue weighted by Gasteiger charge is 2.91. The summed E-state index contributed by atoms with van der Waals surface area (Å²) in [6, 6.07) is 2.88. The van der Waals surface area contributed by atoms with Gasteiger partial charge in [-0.1, -0.05) is 13.8 Å². The first-order valence-electron chi connectivity index (χ1n) is 17.2. The summed E-state index contributed by atoms with van der Waals surface area (Å²) in [6.07, 6.45) is -9.01. The average Bonchev–Trinajstić information content (AvgIpc) is 3.30. The predicted octanol–water partition coefficient (Wildman–Crippen LogP) is 0.671. The molecule has 1 spiro atoms. The Balaban J connectivity index is 1.97. The molecule has 1 aromatic heterocycles. The van der Waals surface area contributed by atoms with Crippen LogP contribution < -0.4 is 0 Å². The van der Waals surface area contributed by atoms with Crippen molar-refractivity contribution >= 4 is 47.6 Å². The molecular formula is C36H43NO17. The van der Waals surface area contributed by atoms with Crippen LogP contribution in [0.5, 0.6) is 0 Å². The molecule has 4 bridgehead atoms. The molecule has 2 saturated carbocycles. The SMILES string of the molecule is CC(=O)OC[C@]12[C@H](OC(C)=O)[C@H](OC(C)=O)[C@H]3OC(=O)[C@@H](C)[C@H](C)c4ncccc4C(=O)OC[C@]4(C)O[C@]1([C@H](OC(C)=O)[C@@H]4C(=O)[C@@H]2OC(C)=O)[C@@]3(C)O. The van der Waals surface area contributed by atoms with E-state index >= 15 is 4.79 Å². The number of ketones is 1. The first kappa shape index (κ1) is 40.2. The number of carbonyl (C=O) groups excluding carboxylic acids is 8. The number of carbonyl (C=O) groups is 8. The lowest BCUT2D eigenvalue weighted by molar-refractivity contribution is -0.376. The van der Waals surface area contributed by atoms with Crippen LogP contribution in [0.2, 0.25) is 0 Å². The molecule has 4 aliphatic rings. The molecule has 2 aliphatic carbocycles. The molecule has 0 aromatic carbocycles. The number of aromatic nitrogens is 1. The van der Waals surface area contributed by atoms with Crippen molar-refractivity contribution in [2.24, 2.45) is 17.3 Å². The number of rotatable bonds is 6. The molecule has 1 aromatic rings. The number of hydrogen-bond acceptors (Lipinski definition) is 18. The lowest BCUT2D eigenvalue weighted by Gasteiger charge is -2.66. The molecule has 3 fully saturated rings. The van der Waals surface area contributed by atoms with Gasteiger partial charge >= 0.3 is 41.8 Å². The lowest BCUT2D eigenvalue weighted by atomic mass is 9.45. The highest BCUT2D eigenvalue weighted by Crippen LogP contribution is 2.69. The van der Waals surface area contributed by atoms with Crippen molar-refractivity contribution in [1.29, 1.82) is 0 Å². The zero-order chi connectivity index (χ0) is 40.3. The first-order valence-corrected chi connectivity index (χ1v) is 17.2. The van der Waals surface area contributed by atoms with Gasteiger partial charge < -0.3 is 43.0 Å². The molecule has 294 valence electrons. The maximum Gasteiger partial charge on any atom is 0.340 e. The van der Waals surface area contributed by atoms with E-state index in [4.69, 9.17) is 37.9 Å². The van der Waals surface area contributed by atoms with Gasteiger partial charge in [-0.25, -0.2) is 4.79 Å². The summed E-state index contributed by atoms with van der Waals surface area (Å²) in [5, 5.41) is 13.2. The van der Waals surface area contributed by atoms with Gasteiger partial charge in [0.05, 0.1) is 23.1 Å². The van der Waals surface area contributed by atoms with Crippen molar-refractivity contribution in [2.45, 2.75) is 116 Å². The van der Waals surface area contributed by atoms with E-state index in [-0.39, 0.29) is 11.3 Å². The second-order valence-corrected chi connectivity index (χ2v) is 14.6. The monoisotopic (exact) mass is 761 g/mol. The smallest absolute Gasteiger partial charge is 0.340 e. The normalized spacial score (nSPS) is 38.4. The van der Waals surface area contributed by atoms with Crippen LogP contribution >= 0.6 is 0 Å². The average molecular weight is 762 g/mol. The van der Waals surface area contributed by atoms with Crippen LogP contribution in [-0.2, 0) is 71.5 Å². The third-order valence-electron chi connectivity index (χ3n) is 10.9. The minimum Gasteiger partial charge on any atom is -0.465 e. The molecule has 18 nitrogen and oxygen atoms in total. The third-order valence-corrected chi connectivity index (χ3v) is 10.9. The summed E-state index contributed by atoms with van der Waals surface area (Å²) in [7, 11) is 0. The zero-order valence-corrected chi connectivity index (χ0v) is 31.2. The number of esters is 7. The standard InChI is InChI=1S/C36H43NO17/c1-15-16(2)31(44)53-29-26(49-18(4)39)30(52-21(7)42)35(14-47-17(3)38)28(51-20(6)41)25(43)23-27(50-19(5)40)36(35,34(29,9)46)54-33(23,8)13-48-32(45)22-11-10-12-37-24(15)22/h10-12,15-16,23,26-30,46H,13-14H2,1-9H3/t15-,16-,23-,26+,27+,28-,29+,30+,33-,34-,35-,36+/m0/s1. The Morgan fingerprint density at radius 2 is 1.44 bits per heavy atom. The number of aliphatic hydroxyl groups is 1. The Bertz CT molecular complexity index is 1790. The van der Waals surface area contributed by atoms with Gasteiger partial charge in [0, 0.05) is 46.7 Å². The second kappa shape index (κ2) is 14.0. The van der Waals surface area contributed by atoms with E-state index in [9.17, 15) is 38.7 Å². The number of fused-ring (bicyclic) bond motifs is 5. The minimum atomic E-state index is -2.82. The van der Waals surface area contributed by atoms with Crippen LogP contribution in [0.1, 0.15) is 84.3 Å². The van der Waals surface area contributed by atoms with Crippen LogP contribution in [0.4, 0.5) is 0 Å². The zero-order valence-electron chi connectivity index (χ0n) is 31.2. The topological polar surface area (TPSA) is 244 Å². The van der Waals surface area contributed by atoms with Crippen molar-refractivity contribution in [3.63, 3.8) is 0 Å². The van der Waals surface area contributed by atoms with Gasteiger partial charge in [0.25, 0.3) is 0 Å². The molecule has 3 heterocycles. The van der Waals surface area contributed by atoms with E-state index in [0.717, 1.165) is 41.5 Å². The number of hydrogen-bond donors (Lipinski definition) is 1. The van der Waals surface area contributed by atoms with E-state index in [0.29, 0.717) is 0 Å². The number of nitrogens with zero attached hydrogens (tertiary/aromatic N) is 1. The van der Waals surface area contributed by atoms with Gasteiger partial charge in [0.15, 0.2) is 35.8 Å². The van der Waals surface area contributed by atoms with Crippen molar-refractivity contribution in [3.8, 4) is 0 Å². The van der Waals surface area contributed by atoms with Gasteiger partial charge in [-0.05, 0) is 26.0 Å². The Hall–Kier alpha value is -4.97. The largest absolute Gasteiger partial charge is 0.465 e. The van der Waals surface area contributed by atoms with E-state index in [1.165, 1.54) is 32.2 Å². The molecule has 18 heteroatoms. The van der Waals surface area contributed by atoms with Gasteiger partial charge in [-0.2, -0.15) is 0 Å². The second-order valence-electron chi connectivity index (χ2n) is 14.6. The van der Waals surface area contributed by atoms with Crippen LogP contribution in [0.25, 0.3) is 0 Å². The quantitative estimate of drug-likeness (QED) is 0.309. The van der Waals surface area contributed by atoms with Crippen molar-refractivity contribution in [1.82, 2.24) is 4.98 Å². The number of Topliss-reactive ketones (excluding diaryl/α,β-unsaturated/α-hetero) is 1. The molecule has 0 radical (unpaired) electrons. The van der Waals surface area contributed by atoms with Crippen molar-refractivity contribution < 1.29 is 81.4 Å². The Morgan fingerprint density at radius 1 is 0.852 bits per heavy atom. The fraction of sp³-hybridized carbons (Fsp3) is 0.639. The van der Waals surface area contributed by atoms with Gasteiger partial charge in [0.1, 0.15) is 35.9 Å². The van der Waals surface area contributed by atoms with Crippen LogP contribution in [-0.4, -0.2) is 118 Å². The predicted molar refractivity (Wildman–Crippen MR) is 175 cm³/mol. The summed E-state index contributed by atoms with van der Waals surface area (Å²) in [5.41, 5.74) is -10.2. The summed E-state index contributed by atoms with van der Waals surface area (Å²) in [6.45, 7) is 8.38. The lowest BCUT2D eigenvalue weighted by Crippen LogP contribution is -2.88. The summed E-state index contributed by atoms with van der Waals surface area (Å²) >= 11 is 0. The summed E-state index contributed by atoms with van der Waals surface area (Å²) < 4.78 is 47.3. The van der Waals surface area contributed by atoms with Crippen LogP contribution in [0, 0.1) is 17.3 Å². The molecule has 12 atom stereocenters. The molecule has 0 unspecified atom stereocenters. The molecular weight excluding hydrogens is 718 g/mol. The maximum absolute atomic E-state index is 15.1. The third kappa shape index (κ3) is 6.08. The molecule has 2 aliphatic heterocycles. The van der Waals surface area contributed by atoms with E-state index in [2.05, 4.69) is 4.98 Å². The molecule has 1 N–H and O–H groups in total. The van der Waals surface area contributed by atoms with Crippen LogP contribution in [0.15, 0.2) is 18.3 Å². The summed E-state index contributed by atoms with van der Waals surface area (Å²) in [5.74, 6) is -12.0.